The van der Waals surface area contributed by atoms with Crippen molar-refractivity contribution in [1.82, 2.24) is 0 Å². The Morgan fingerprint density at radius 3 is 2.45 bits per heavy atom. The highest BCUT2D eigenvalue weighted by molar-refractivity contribution is 7.99. The second-order valence-corrected chi connectivity index (χ2v) is 8.52. The number of hydrogen-bond acceptors (Lipinski definition) is 6. The first-order valence-corrected chi connectivity index (χ1v) is 10.7. The van der Waals surface area contributed by atoms with Crippen molar-refractivity contribution in [2.24, 2.45) is 10.9 Å². The van der Waals surface area contributed by atoms with Crippen LogP contribution >= 0.6 is 11.8 Å². The molecular weight excluding hydrogens is 410 g/mol. The van der Waals surface area contributed by atoms with E-state index in [4.69, 9.17) is 9.15 Å². The molecule has 1 aromatic heterocycles. The van der Waals surface area contributed by atoms with Crippen molar-refractivity contribution in [3.63, 3.8) is 0 Å². The summed E-state index contributed by atoms with van der Waals surface area (Å²) in [6.07, 6.45) is 0. The molecule has 2 aliphatic rings. The van der Waals surface area contributed by atoms with E-state index in [0.717, 1.165) is 10.5 Å². The van der Waals surface area contributed by atoms with Gasteiger partial charge in [-0.15, -0.1) is 0 Å². The molecule has 3 aromatic rings. The molecule has 6 heteroatoms. The van der Waals surface area contributed by atoms with E-state index in [2.05, 4.69) is 4.99 Å². The molecule has 154 valence electrons. The third-order valence-electron chi connectivity index (χ3n) is 5.63. The number of ketones is 1. The summed E-state index contributed by atoms with van der Waals surface area (Å²) in [7, 11) is 1.35. The second-order valence-electron chi connectivity index (χ2n) is 7.44. The van der Waals surface area contributed by atoms with Crippen LogP contribution in [0.5, 0.6) is 0 Å². The molecule has 0 fully saturated rings. The average Bonchev–Trinajstić information content (AvgIpc) is 3.36. The van der Waals surface area contributed by atoms with Gasteiger partial charge in [0.1, 0.15) is 11.7 Å². The molecule has 0 spiro atoms. The van der Waals surface area contributed by atoms with E-state index < -0.39 is 17.8 Å². The van der Waals surface area contributed by atoms with Crippen LogP contribution in [0.1, 0.15) is 34.5 Å². The normalized spacial score (nSPS) is 19.7. The van der Waals surface area contributed by atoms with Crippen LogP contribution in [0.3, 0.4) is 0 Å². The lowest BCUT2D eigenvalue weighted by atomic mass is 9.78. The Hall–Kier alpha value is -3.38. The summed E-state index contributed by atoms with van der Waals surface area (Å²) in [5.74, 6) is -1.31. The number of rotatable bonds is 4. The van der Waals surface area contributed by atoms with Gasteiger partial charge in [-0.3, -0.25) is 14.6 Å². The zero-order chi connectivity index (χ0) is 21.5. The summed E-state index contributed by atoms with van der Waals surface area (Å²) in [6, 6.07) is 21.0. The van der Waals surface area contributed by atoms with Gasteiger partial charge < -0.3 is 9.15 Å². The summed E-state index contributed by atoms with van der Waals surface area (Å²) in [4.78, 5) is 31.8. The number of hydrogen-bond donors (Lipinski definition) is 0. The van der Waals surface area contributed by atoms with Crippen molar-refractivity contribution < 1.29 is 18.7 Å². The lowest BCUT2D eigenvalue weighted by Gasteiger charge is -2.28. The number of benzene rings is 2. The van der Waals surface area contributed by atoms with Crippen molar-refractivity contribution in [1.29, 1.82) is 0 Å². The Balaban J connectivity index is 1.60. The molecule has 1 unspecified atom stereocenters. The Kier molecular flexibility index (Phi) is 4.87. The fourth-order valence-electron chi connectivity index (χ4n) is 4.25. The van der Waals surface area contributed by atoms with Crippen molar-refractivity contribution in [2.45, 2.75) is 22.8 Å². The third kappa shape index (κ3) is 3.24. The molecule has 0 bridgehead atoms. The quantitative estimate of drug-likeness (QED) is 0.521. The predicted molar refractivity (Wildman–Crippen MR) is 118 cm³/mol. The minimum atomic E-state index is -0.720. The summed E-state index contributed by atoms with van der Waals surface area (Å²) in [5.41, 5.74) is 3.11. The maximum absolute atomic E-state index is 13.3. The Morgan fingerprint density at radius 1 is 1.00 bits per heavy atom. The van der Waals surface area contributed by atoms with Crippen LogP contribution in [0.2, 0.25) is 0 Å². The lowest BCUT2D eigenvalue weighted by molar-refractivity contribution is -0.143. The molecule has 0 radical (unpaired) electrons. The number of nitrogens with zero attached hydrogens (tertiary/aromatic N) is 1. The van der Waals surface area contributed by atoms with Crippen molar-refractivity contribution in [3.8, 4) is 0 Å². The lowest BCUT2D eigenvalue weighted by Crippen LogP contribution is -2.34. The van der Waals surface area contributed by atoms with Gasteiger partial charge in [-0.1, -0.05) is 54.2 Å². The summed E-state index contributed by atoms with van der Waals surface area (Å²) in [5, 5.41) is 0.690. The molecule has 2 heterocycles. The van der Waals surface area contributed by atoms with Crippen LogP contribution in [-0.4, -0.2) is 24.6 Å². The van der Waals surface area contributed by atoms with Crippen molar-refractivity contribution >= 4 is 34.9 Å². The van der Waals surface area contributed by atoms with Gasteiger partial charge in [0.2, 0.25) is 0 Å². The standard InChI is InChI=1S/C25H19NO4S/c1-14-20(25(28)29-2)21(18-12-13-19(30-18)31-15-8-4-3-5-9-15)22-23(26-14)16-10-6-7-11-17(16)24(22)27/h3-13,20-21H,1-2H3/t20?,21-/m1/s1. The number of fused-ring (bicyclic) bond motifs is 2. The van der Waals surface area contributed by atoms with Crippen LogP contribution in [0.4, 0.5) is 0 Å². The molecule has 2 atom stereocenters. The minimum absolute atomic E-state index is 0.116. The van der Waals surface area contributed by atoms with E-state index in [1.54, 1.807) is 13.0 Å². The molecule has 0 saturated heterocycles. The van der Waals surface area contributed by atoms with Crippen LogP contribution in [0, 0.1) is 5.92 Å². The molecule has 5 rings (SSSR count). The van der Waals surface area contributed by atoms with E-state index in [0.29, 0.717) is 33.4 Å². The highest BCUT2D eigenvalue weighted by atomic mass is 32.2. The van der Waals surface area contributed by atoms with Gasteiger partial charge in [0.15, 0.2) is 10.9 Å². The van der Waals surface area contributed by atoms with E-state index >= 15 is 0 Å². The number of carbonyl (C=O) groups excluding carboxylic acids is 2. The van der Waals surface area contributed by atoms with Gasteiger partial charge in [0.25, 0.3) is 0 Å². The number of ether oxygens (including phenoxy) is 1. The first-order valence-electron chi connectivity index (χ1n) is 9.92. The number of allylic oxidation sites excluding steroid dienone is 1. The molecule has 0 saturated carbocycles. The first-order chi connectivity index (χ1) is 15.1. The number of Topliss-reactive ketones (excluding diaryl/α,β-unsaturated/α-hetero) is 1. The van der Waals surface area contributed by atoms with Gasteiger partial charge in [0.05, 0.1) is 18.7 Å². The van der Waals surface area contributed by atoms with E-state index in [1.807, 2.05) is 60.7 Å². The number of methoxy groups -OCH3 is 1. The van der Waals surface area contributed by atoms with Gasteiger partial charge in [-0.25, -0.2) is 0 Å². The van der Waals surface area contributed by atoms with Crippen LogP contribution < -0.4 is 0 Å². The van der Waals surface area contributed by atoms with Crippen LogP contribution in [-0.2, 0) is 9.53 Å². The number of aliphatic imine (C=N–C) groups is 1. The second kappa shape index (κ2) is 7.71. The number of carbonyl (C=O) groups is 2. The number of furan rings is 1. The fraction of sp³-hybridized carbons (Fsp3) is 0.160. The maximum atomic E-state index is 13.3. The summed E-state index contributed by atoms with van der Waals surface area (Å²) < 4.78 is 11.2. The van der Waals surface area contributed by atoms with Gasteiger partial charge >= 0.3 is 5.97 Å². The molecule has 31 heavy (non-hydrogen) atoms. The molecule has 2 aromatic carbocycles. The molecule has 1 aliphatic carbocycles. The van der Waals surface area contributed by atoms with E-state index in [-0.39, 0.29) is 5.78 Å². The average molecular weight is 429 g/mol. The SMILES string of the molecule is COC(=O)C1C(C)=NC2=C(C(=O)c3ccccc32)[C@@H]1c1ccc(Sc2ccccc2)o1. The maximum Gasteiger partial charge on any atom is 0.315 e. The smallest absolute Gasteiger partial charge is 0.315 e. The highest BCUT2D eigenvalue weighted by Crippen LogP contribution is 2.49. The molecule has 1 aliphatic heterocycles. The Morgan fingerprint density at radius 2 is 1.71 bits per heavy atom. The minimum Gasteiger partial charge on any atom is -0.468 e. The van der Waals surface area contributed by atoms with Gasteiger partial charge in [-0.2, -0.15) is 0 Å². The van der Waals surface area contributed by atoms with E-state index in [9.17, 15) is 9.59 Å². The van der Waals surface area contributed by atoms with Crippen LogP contribution in [0.25, 0.3) is 5.70 Å². The Labute approximate surface area is 183 Å². The van der Waals surface area contributed by atoms with Crippen molar-refractivity contribution in [3.05, 3.63) is 89.2 Å². The van der Waals surface area contributed by atoms with Gasteiger partial charge in [0, 0.05) is 27.3 Å². The summed E-state index contributed by atoms with van der Waals surface area (Å²) >= 11 is 1.49. The topological polar surface area (TPSA) is 68.9 Å². The highest BCUT2D eigenvalue weighted by Gasteiger charge is 2.47. The van der Waals surface area contributed by atoms with E-state index in [1.165, 1.54) is 18.9 Å². The molecular formula is C25H19NO4S. The fourth-order valence-corrected chi connectivity index (χ4v) is 5.05. The number of esters is 1. The largest absolute Gasteiger partial charge is 0.468 e. The Bertz CT molecular complexity index is 1260. The summed E-state index contributed by atoms with van der Waals surface area (Å²) in [6.45, 7) is 1.80. The van der Waals surface area contributed by atoms with Gasteiger partial charge in [-0.05, 0) is 31.2 Å². The van der Waals surface area contributed by atoms with Crippen LogP contribution in [0.15, 0.2) is 91.7 Å². The first kappa shape index (κ1) is 19.6. The molecule has 0 N–H and O–H groups in total. The third-order valence-corrected chi connectivity index (χ3v) is 6.56. The van der Waals surface area contributed by atoms with Crippen molar-refractivity contribution in [2.75, 3.05) is 7.11 Å². The zero-order valence-electron chi connectivity index (χ0n) is 17.0. The zero-order valence-corrected chi connectivity index (χ0v) is 17.8. The monoisotopic (exact) mass is 429 g/mol. The predicted octanol–water partition coefficient (Wildman–Crippen LogP) is 5.39. The molecule has 0 amide bonds. The molecule has 5 nitrogen and oxygen atoms in total.